The Morgan fingerprint density at radius 2 is 1.85 bits per heavy atom. The first kappa shape index (κ1) is 19.7. The molecule has 1 aromatic carbocycles. The van der Waals surface area contributed by atoms with E-state index in [-0.39, 0.29) is 18.5 Å². The summed E-state index contributed by atoms with van der Waals surface area (Å²) in [7, 11) is 0. The molecule has 5 nitrogen and oxygen atoms in total. The normalized spacial score (nSPS) is 17.7. The fourth-order valence-electron chi connectivity index (χ4n) is 4.16. The molecule has 0 unspecified atom stereocenters. The van der Waals surface area contributed by atoms with E-state index < -0.39 is 0 Å². The summed E-state index contributed by atoms with van der Waals surface area (Å²) in [5.74, 6) is 0.103. The first-order valence-corrected chi connectivity index (χ1v) is 10.4. The van der Waals surface area contributed by atoms with Gasteiger partial charge in [0, 0.05) is 30.9 Å². The van der Waals surface area contributed by atoms with Gasteiger partial charge in [0.1, 0.15) is 0 Å². The zero-order valence-electron chi connectivity index (χ0n) is 16.5. The van der Waals surface area contributed by atoms with Crippen molar-refractivity contribution in [2.24, 2.45) is 5.92 Å². The quantitative estimate of drug-likeness (QED) is 0.719. The molecule has 1 aliphatic heterocycles. The van der Waals surface area contributed by atoms with Crippen molar-refractivity contribution in [1.82, 2.24) is 0 Å². The zero-order valence-corrected chi connectivity index (χ0v) is 16.5. The number of aryl methyl sites for hydroxylation is 1. The second-order valence-electron chi connectivity index (χ2n) is 7.94. The molecule has 1 saturated heterocycles. The summed E-state index contributed by atoms with van der Waals surface area (Å²) >= 11 is 0. The van der Waals surface area contributed by atoms with Crippen LogP contribution >= 0.6 is 0 Å². The third-order valence-corrected chi connectivity index (χ3v) is 5.80. The predicted molar refractivity (Wildman–Crippen MR) is 108 cm³/mol. The molecule has 0 atom stereocenters. The van der Waals surface area contributed by atoms with Crippen LogP contribution < -0.4 is 10.2 Å². The molecule has 0 bridgehead atoms. The molecule has 1 amide bonds. The lowest BCUT2D eigenvalue weighted by Crippen LogP contribution is -2.22. The molecule has 2 aliphatic rings. The van der Waals surface area contributed by atoms with E-state index in [2.05, 4.69) is 16.3 Å². The van der Waals surface area contributed by atoms with Gasteiger partial charge in [-0.15, -0.1) is 0 Å². The molecule has 148 valence electrons. The smallest absolute Gasteiger partial charge is 0.306 e. The number of anilines is 2. The van der Waals surface area contributed by atoms with E-state index >= 15 is 0 Å². The maximum atomic E-state index is 12.1. The van der Waals surface area contributed by atoms with Gasteiger partial charge in [0.2, 0.25) is 0 Å². The molecule has 0 spiro atoms. The Kier molecular flexibility index (Phi) is 7.13. The van der Waals surface area contributed by atoms with Crippen LogP contribution in [0.5, 0.6) is 0 Å². The molecule has 1 aliphatic carbocycles. The van der Waals surface area contributed by atoms with Crippen LogP contribution in [0, 0.1) is 12.8 Å². The van der Waals surface area contributed by atoms with E-state index in [9.17, 15) is 9.59 Å². The monoisotopic (exact) mass is 372 g/mol. The first-order valence-electron chi connectivity index (χ1n) is 10.4. The maximum Gasteiger partial charge on any atom is 0.306 e. The number of rotatable bonds is 7. The number of benzene rings is 1. The molecule has 1 N–H and O–H groups in total. The molecule has 3 rings (SSSR count). The highest BCUT2D eigenvalue weighted by molar-refractivity contribution is 5.93. The maximum absolute atomic E-state index is 12.1. The highest BCUT2D eigenvalue weighted by Gasteiger charge is 2.17. The van der Waals surface area contributed by atoms with E-state index in [0.29, 0.717) is 12.3 Å². The minimum Gasteiger partial charge on any atom is -0.456 e. The molecular weight excluding hydrogens is 340 g/mol. The lowest BCUT2D eigenvalue weighted by molar-refractivity contribution is -0.147. The van der Waals surface area contributed by atoms with Gasteiger partial charge >= 0.3 is 5.97 Å². The number of hydrogen-bond acceptors (Lipinski definition) is 4. The van der Waals surface area contributed by atoms with Crippen molar-refractivity contribution in [2.75, 3.05) is 29.9 Å². The molecule has 1 saturated carbocycles. The summed E-state index contributed by atoms with van der Waals surface area (Å²) in [5.41, 5.74) is 3.01. The third kappa shape index (κ3) is 5.98. The van der Waals surface area contributed by atoms with Gasteiger partial charge in [-0.3, -0.25) is 9.59 Å². The second-order valence-corrected chi connectivity index (χ2v) is 7.94. The summed E-state index contributed by atoms with van der Waals surface area (Å²) in [6.07, 6.45) is 10.1. The Morgan fingerprint density at radius 3 is 2.56 bits per heavy atom. The summed E-state index contributed by atoms with van der Waals surface area (Å²) in [6, 6.07) is 6.09. The number of amides is 1. The molecule has 0 aromatic heterocycles. The van der Waals surface area contributed by atoms with Crippen LogP contribution in [0.4, 0.5) is 11.4 Å². The summed E-state index contributed by atoms with van der Waals surface area (Å²) in [4.78, 5) is 26.4. The van der Waals surface area contributed by atoms with E-state index in [1.807, 2.05) is 19.1 Å². The topological polar surface area (TPSA) is 58.6 Å². The number of nitrogens with one attached hydrogen (secondary N) is 1. The molecule has 1 heterocycles. The Hall–Kier alpha value is -2.04. The molecular formula is C22H32N2O3. The van der Waals surface area contributed by atoms with Crippen LogP contribution in [0.25, 0.3) is 0 Å². The number of nitrogens with zero attached hydrogens (tertiary/aromatic N) is 1. The van der Waals surface area contributed by atoms with Gasteiger partial charge in [0.25, 0.3) is 5.91 Å². The van der Waals surface area contributed by atoms with Gasteiger partial charge in [-0.25, -0.2) is 0 Å². The van der Waals surface area contributed by atoms with Crippen LogP contribution in [0.15, 0.2) is 18.2 Å². The lowest BCUT2D eigenvalue weighted by atomic mass is 9.86. The fourth-order valence-corrected chi connectivity index (χ4v) is 4.16. The third-order valence-electron chi connectivity index (χ3n) is 5.80. The van der Waals surface area contributed by atoms with E-state index in [1.165, 1.54) is 50.6 Å². The van der Waals surface area contributed by atoms with Crippen molar-refractivity contribution in [1.29, 1.82) is 0 Å². The number of carbonyl (C=O) groups excluding carboxylic acids is 2. The molecule has 0 radical (unpaired) electrons. The summed E-state index contributed by atoms with van der Waals surface area (Å²) < 4.78 is 5.15. The zero-order chi connectivity index (χ0) is 19.1. The van der Waals surface area contributed by atoms with E-state index in [0.717, 1.165) is 30.8 Å². The number of ether oxygens (including phenoxy) is 1. The van der Waals surface area contributed by atoms with Crippen molar-refractivity contribution in [3.05, 3.63) is 23.8 Å². The summed E-state index contributed by atoms with van der Waals surface area (Å²) in [5, 5.41) is 2.85. The second kappa shape index (κ2) is 9.77. The van der Waals surface area contributed by atoms with Gasteiger partial charge < -0.3 is 15.0 Å². The predicted octanol–water partition coefficient (Wildman–Crippen LogP) is 4.44. The van der Waals surface area contributed by atoms with Gasteiger partial charge in [0.05, 0.1) is 0 Å². The van der Waals surface area contributed by atoms with Crippen molar-refractivity contribution in [3.8, 4) is 0 Å². The minimum atomic E-state index is -0.280. The molecule has 5 heteroatoms. The van der Waals surface area contributed by atoms with Crippen molar-refractivity contribution >= 4 is 23.3 Å². The van der Waals surface area contributed by atoms with E-state index in [1.54, 1.807) is 0 Å². The van der Waals surface area contributed by atoms with Crippen LogP contribution in [-0.4, -0.2) is 31.6 Å². The fraction of sp³-hybridized carbons (Fsp3) is 0.636. The first-order chi connectivity index (χ1) is 13.1. The van der Waals surface area contributed by atoms with Gasteiger partial charge in [-0.05, 0) is 55.9 Å². The average molecular weight is 373 g/mol. The van der Waals surface area contributed by atoms with Crippen LogP contribution in [0.3, 0.4) is 0 Å². The Bertz CT molecular complexity index is 647. The molecule has 27 heavy (non-hydrogen) atoms. The van der Waals surface area contributed by atoms with Crippen LogP contribution in [0.1, 0.15) is 63.4 Å². The minimum absolute atomic E-state index is 0.211. The van der Waals surface area contributed by atoms with Crippen molar-refractivity contribution < 1.29 is 14.3 Å². The van der Waals surface area contributed by atoms with Crippen LogP contribution in [-0.2, 0) is 14.3 Å². The van der Waals surface area contributed by atoms with Crippen LogP contribution in [0.2, 0.25) is 0 Å². The Morgan fingerprint density at radius 1 is 1.11 bits per heavy atom. The van der Waals surface area contributed by atoms with Crippen molar-refractivity contribution in [2.45, 2.75) is 64.7 Å². The SMILES string of the molecule is Cc1cc(N2CCCC2)ccc1NC(=O)COC(=O)CCC1CCCCC1. The largest absolute Gasteiger partial charge is 0.456 e. The molecule has 2 fully saturated rings. The highest BCUT2D eigenvalue weighted by atomic mass is 16.5. The number of hydrogen-bond donors (Lipinski definition) is 1. The Balaban J connectivity index is 1.40. The number of carbonyl (C=O) groups is 2. The highest BCUT2D eigenvalue weighted by Crippen LogP contribution is 2.27. The number of esters is 1. The molecule has 1 aromatic rings. The van der Waals surface area contributed by atoms with Gasteiger partial charge in [-0.2, -0.15) is 0 Å². The Labute approximate surface area is 162 Å². The van der Waals surface area contributed by atoms with E-state index in [4.69, 9.17) is 4.74 Å². The lowest BCUT2D eigenvalue weighted by Gasteiger charge is -2.20. The van der Waals surface area contributed by atoms with Gasteiger partial charge in [0.15, 0.2) is 6.61 Å². The van der Waals surface area contributed by atoms with Gasteiger partial charge in [-0.1, -0.05) is 32.1 Å². The standard InChI is InChI=1S/C22H32N2O3/c1-17-15-19(24-13-5-6-14-24)10-11-20(17)23-21(25)16-27-22(26)12-9-18-7-3-2-4-8-18/h10-11,15,18H,2-9,12-14,16H2,1H3,(H,23,25). The van der Waals surface area contributed by atoms with Crippen molar-refractivity contribution in [3.63, 3.8) is 0 Å². The average Bonchev–Trinajstić information content (AvgIpc) is 3.22. The summed E-state index contributed by atoms with van der Waals surface area (Å²) in [6.45, 7) is 3.98.